The fraction of sp³-hybridized carbons (Fsp3) is 0.231. The van der Waals surface area contributed by atoms with Crippen LogP contribution in [0.3, 0.4) is 0 Å². The van der Waals surface area contributed by atoms with Crippen LogP contribution in [0.25, 0.3) is 0 Å². The van der Waals surface area contributed by atoms with Crippen LogP contribution in [0, 0.1) is 5.82 Å². The van der Waals surface area contributed by atoms with Crippen molar-refractivity contribution in [2.24, 2.45) is 5.84 Å². The third kappa shape index (κ3) is 2.85. The van der Waals surface area contributed by atoms with Crippen LogP contribution in [0.5, 0.6) is 5.75 Å². The van der Waals surface area contributed by atoms with Crippen molar-refractivity contribution in [1.82, 2.24) is 5.43 Å². The smallest absolute Gasteiger partial charge is 0.129 e. The summed E-state index contributed by atoms with van der Waals surface area (Å²) in [7, 11) is 0. The van der Waals surface area contributed by atoms with Crippen LogP contribution < -0.4 is 16.0 Å². The van der Waals surface area contributed by atoms with Gasteiger partial charge in [-0.05, 0) is 37.1 Å². The van der Waals surface area contributed by atoms with Crippen LogP contribution in [-0.2, 0) is 0 Å². The molecule has 1 aliphatic rings. The summed E-state index contributed by atoms with van der Waals surface area (Å²) in [4.78, 5) is 0. The topological polar surface area (TPSA) is 47.3 Å². The summed E-state index contributed by atoms with van der Waals surface area (Å²) < 4.78 is 18.6. The Hall–Kier alpha value is -1.81. The van der Waals surface area contributed by atoms with Crippen molar-refractivity contribution in [2.75, 3.05) is 0 Å². The van der Waals surface area contributed by atoms with Crippen LogP contribution in [0.4, 0.5) is 4.39 Å². The molecule has 0 aliphatic heterocycles. The molecule has 0 unspecified atom stereocenters. The highest BCUT2D eigenvalue weighted by atomic mass is 19.1. The molecular weight excluding hydrogens is 219 g/mol. The Morgan fingerprint density at radius 2 is 2.18 bits per heavy atom. The van der Waals surface area contributed by atoms with Gasteiger partial charge in [0.25, 0.3) is 0 Å². The minimum absolute atomic E-state index is 0.296. The third-order valence-corrected chi connectivity index (χ3v) is 2.69. The summed E-state index contributed by atoms with van der Waals surface area (Å²) in [6, 6.07) is 6.13. The maximum atomic E-state index is 13.0. The van der Waals surface area contributed by atoms with E-state index < -0.39 is 0 Å². The molecule has 4 heteroatoms. The van der Waals surface area contributed by atoms with Gasteiger partial charge in [0.2, 0.25) is 0 Å². The van der Waals surface area contributed by atoms with Crippen molar-refractivity contribution in [3.8, 4) is 5.75 Å². The number of benzene rings is 1. The van der Waals surface area contributed by atoms with Crippen LogP contribution >= 0.6 is 0 Å². The molecule has 0 atom stereocenters. The van der Waals surface area contributed by atoms with Crippen molar-refractivity contribution in [1.29, 1.82) is 0 Å². The van der Waals surface area contributed by atoms with E-state index in [9.17, 15) is 4.39 Å². The van der Waals surface area contributed by atoms with Crippen LogP contribution in [0.2, 0.25) is 0 Å². The van der Waals surface area contributed by atoms with Gasteiger partial charge in [-0.25, -0.2) is 4.39 Å². The summed E-state index contributed by atoms with van der Waals surface area (Å²) in [5, 5.41) is 0. The molecule has 1 aromatic rings. The lowest BCUT2D eigenvalue weighted by molar-refractivity contribution is 0.395. The Morgan fingerprint density at radius 3 is 2.82 bits per heavy atom. The second-order valence-electron chi connectivity index (χ2n) is 3.98. The van der Waals surface area contributed by atoms with Crippen molar-refractivity contribution >= 4 is 0 Å². The molecule has 0 aromatic heterocycles. The molecular formula is C13H15FN2O. The van der Waals surface area contributed by atoms with E-state index in [4.69, 9.17) is 10.6 Å². The van der Waals surface area contributed by atoms with E-state index >= 15 is 0 Å². The minimum Gasteiger partial charge on any atom is -0.462 e. The quantitative estimate of drug-likeness (QED) is 0.624. The van der Waals surface area contributed by atoms with Crippen LogP contribution in [-0.4, -0.2) is 0 Å². The van der Waals surface area contributed by atoms with E-state index in [-0.39, 0.29) is 5.82 Å². The van der Waals surface area contributed by atoms with Gasteiger partial charge in [-0.15, -0.1) is 0 Å². The fourth-order valence-electron chi connectivity index (χ4n) is 1.79. The highest BCUT2D eigenvalue weighted by Gasteiger charge is 2.11. The first-order chi connectivity index (χ1) is 8.19. The zero-order chi connectivity index (χ0) is 12.3. The largest absolute Gasteiger partial charge is 0.462 e. The number of hydrogen-bond acceptors (Lipinski definition) is 3. The van der Waals surface area contributed by atoms with Crippen LogP contribution in [0.15, 0.2) is 47.4 Å². The molecule has 0 bridgehead atoms. The van der Waals surface area contributed by atoms with E-state index in [1.807, 2.05) is 13.0 Å². The average molecular weight is 234 g/mol. The molecule has 90 valence electrons. The zero-order valence-electron chi connectivity index (χ0n) is 9.66. The molecule has 17 heavy (non-hydrogen) atoms. The Morgan fingerprint density at radius 1 is 1.35 bits per heavy atom. The third-order valence-electron chi connectivity index (χ3n) is 2.69. The Kier molecular flexibility index (Phi) is 3.44. The first kappa shape index (κ1) is 11.7. The zero-order valence-corrected chi connectivity index (χ0v) is 9.66. The number of halogens is 1. The van der Waals surface area contributed by atoms with Gasteiger partial charge in [0, 0.05) is 18.2 Å². The molecule has 0 saturated heterocycles. The van der Waals surface area contributed by atoms with Gasteiger partial charge in [0.05, 0.1) is 0 Å². The van der Waals surface area contributed by atoms with E-state index in [0.717, 1.165) is 29.9 Å². The fourth-order valence-corrected chi connectivity index (χ4v) is 1.79. The van der Waals surface area contributed by atoms with Crippen molar-refractivity contribution < 1.29 is 9.13 Å². The van der Waals surface area contributed by atoms with Crippen LogP contribution in [0.1, 0.15) is 19.8 Å². The van der Waals surface area contributed by atoms with E-state index in [1.165, 1.54) is 12.1 Å². The predicted octanol–water partition coefficient (Wildman–Crippen LogP) is 2.62. The molecule has 1 aliphatic carbocycles. The monoisotopic (exact) mass is 234 g/mol. The highest BCUT2D eigenvalue weighted by Crippen LogP contribution is 2.24. The number of allylic oxidation sites excluding steroid dienone is 4. The maximum absolute atomic E-state index is 13.0. The molecule has 1 aromatic carbocycles. The van der Waals surface area contributed by atoms with Gasteiger partial charge in [-0.3, -0.25) is 5.84 Å². The van der Waals surface area contributed by atoms with Crippen molar-refractivity contribution in [3.05, 3.63) is 53.2 Å². The molecule has 2 rings (SSSR count). The number of ether oxygens (including phenoxy) is 1. The molecule has 3 nitrogen and oxygen atoms in total. The number of nitrogens with two attached hydrogens (primary N) is 1. The van der Waals surface area contributed by atoms with Gasteiger partial charge in [-0.2, -0.15) is 0 Å². The summed E-state index contributed by atoms with van der Waals surface area (Å²) in [5.41, 5.74) is 4.72. The van der Waals surface area contributed by atoms with E-state index in [0.29, 0.717) is 5.75 Å². The van der Waals surface area contributed by atoms with Crippen molar-refractivity contribution in [2.45, 2.75) is 19.8 Å². The van der Waals surface area contributed by atoms with Gasteiger partial charge < -0.3 is 10.2 Å². The van der Waals surface area contributed by atoms with E-state index in [1.54, 1.807) is 12.1 Å². The molecule has 0 amide bonds. The number of rotatable bonds is 3. The van der Waals surface area contributed by atoms with E-state index in [2.05, 4.69) is 5.43 Å². The molecule has 0 fully saturated rings. The van der Waals surface area contributed by atoms with Gasteiger partial charge in [0.15, 0.2) is 0 Å². The molecule has 0 saturated carbocycles. The van der Waals surface area contributed by atoms with Gasteiger partial charge >= 0.3 is 0 Å². The SMILES string of the molecule is CC1=C(NN)CCC(Oc2cccc(F)c2)=C1. The first-order valence-electron chi connectivity index (χ1n) is 5.49. The first-order valence-corrected chi connectivity index (χ1v) is 5.49. The molecule has 3 N–H and O–H groups in total. The minimum atomic E-state index is -0.296. The van der Waals surface area contributed by atoms with Crippen molar-refractivity contribution in [3.63, 3.8) is 0 Å². The van der Waals surface area contributed by atoms with Gasteiger partial charge in [0.1, 0.15) is 17.3 Å². The Balaban J connectivity index is 2.13. The predicted molar refractivity (Wildman–Crippen MR) is 64.4 cm³/mol. The maximum Gasteiger partial charge on any atom is 0.129 e. The van der Waals surface area contributed by atoms with Gasteiger partial charge in [-0.1, -0.05) is 6.07 Å². The molecule has 0 spiro atoms. The second-order valence-corrected chi connectivity index (χ2v) is 3.98. The summed E-state index contributed by atoms with van der Waals surface area (Å²) in [6.45, 7) is 1.96. The lowest BCUT2D eigenvalue weighted by atomic mass is 10.0. The Bertz CT molecular complexity index is 480. The molecule has 0 radical (unpaired) electrons. The molecule has 0 heterocycles. The number of nitrogens with one attached hydrogen (secondary N) is 1. The Labute approximate surface area is 99.7 Å². The number of hydrazine groups is 1. The normalized spacial score (nSPS) is 15.6. The lowest BCUT2D eigenvalue weighted by Gasteiger charge is -2.18. The summed E-state index contributed by atoms with van der Waals surface area (Å²) in [5.74, 6) is 6.44. The highest BCUT2D eigenvalue weighted by molar-refractivity contribution is 5.32. The second kappa shape index (κ2) is 5.01. The lowest BCUT2D eigenvalue weighted by Crippen LogP contribution is -2.24. The number of hydrogen-bond donors (Lipinski definition) is 2. The summed E-state index contributed by atoms with van der Waals surface area (Å²) in [6.07, 6.45) is 3.49. The standard InChI is InChI=1S/C13H15FN2O/c1-9-7-12(5-6-13(9)16-15)17-11-4-2-3-10(14)8-11/h2-4,7-8,16H,5-6,15H2,1H3. The average Bonchev–Trinajstić information content (AvgIpc) is 2.29. The summed E-state index contributed by atoms with van der Waals surface area (Å²) >= 11 is 0.